The standard InChI is InChI=1S/C18H17F3N2O2/c1-12(23-11-10-13-4-2-3-5-16(13)23)17(24)22-14-6-8-15(9-7-14)25-18(19,20)21/h2-9,12H,10-11H2,1H3,(H,22,24)/t12-/m0/s1. The Balaban J connectivity index is 1.64. The number of ether oxygens (including phenoxy) is 1. The fraction of sp³-hybridized carbons (Fsp3) is 0.278. The van der Waals surface area contributed by atoms with Crippen LogP contribution in [0.2, 0.25) is 0 Å². The number of fused-ring (bicyclic) bond motifs is 1. The smallest absolute Gasteiger partial charge is 0.406 e. The summed E-state index contributed by atoms with van der Waals surface area (Å²) in [7, 11) is 0. The van der Waals surface area contributed by atoms with Gasteiger partial charge < -0.3 is 15.0 Å². The van der Waals surface area contributed by atoms with E-state index in [1.165, 1.54) is 29.8 Å². The lowest BCUT2D eigenvalue weighted by molar-refractivity contribution is -0.274. The van der Waals surface area contributed by atoms with E-state index in [1.807, 2.05) is 29.2 Å². The zero-order chi connectivity index (χ0) is 18.0. The Morgan fingerprint density at radius 2 is 1.84 bits per heavy atom. The highest BCUT2D eigenvalue weighted by atomic mass is 19.4. The van der Waals surface area contributed by atoms with E-state index in [4.69, 9.17) is 0 Å². The third-order valence-corrected chi connectivity index (χ3v) is 4.13. The zero-order valence-corrected chi connectivity index (χ0v) is 13.5. The van der Waals surface area contributed by atoms with Crippen molar-refractivity contribution in [3.05, 3.63) is 54.1 Å². The first-order valence-electron chi connectivity index (χ1n) is 7.85. The number of carbonyl (C=O) groups excluding carboxylic acids is 1. The summed E-state index contributed by atoms with van der Waals surface area (Å²) in [5, 5.41) is 2.72. The van der Waals surface area contributed by atoms with E-state index in [1.54, 1.807) is 6.92 Å². The molecule has 1 atom stereocenters. The topological polar surface area (TPSA) is 41.6 Å². The molecule has 1 aliphatic rings. The molecule has 0 saturated carbocycles. The van der Waals surface area contributed by atoms with Crippen LogP contribution in [0.5, 0.6) is 5.75 Å². The first-order valence-corrected chi connectivity index (χ1v) is 7.85. The number of carbonyl (C=O) groups is 1. The number of alkyl halides is 3. The van der Waals surface area contributed by atoms with Gasteiger partial charge in [0.25, 0.3) is 0 Å². The minimum Gasteiger partial charge on any atom is -0.406 e. The average molecular weight is 350 g/mol. The van der Waals surface area contributed by atoms with Crippen LogP contribution in [-0.2, 0) is 11.2 Å². The summed E-state index contributed by atoms with van der Waals surface area (Å²) in [4.78, 5) is 14.5. The summed E-state index contributed by atoms with van der Waals surface area (Å²) in [6, 6.07) is 12.6. The Morgan fingerprint density at radius 3 is 2.52 bits per heavy atom. The molecule has 0 radical (unpaired) electrons. The van der Waals surface area contributed by atoms with Gasteiger partial charge in [0.15, 0.2) is 0 Å². The Bertz CT molecular complexity index is 760. The number of hydrogen-bond donors (Lipinski definition) is 1. The molecule has 0 saturated heterocycles. The van der Waals surface area contributed by atoms with Crippen molar-refractivity contribution >= 4 is 17.3 Å². The molecule has 0 fully saturated rings. The number of benzene rings is 2. The van der Waals surface area contributed by atoms with Crippen molar-refractivity contribution in [2.45, 2.75) is 25.7 Å². The lowest BCUT2D eigenvalue weighted by atomic mass is 10.1. The molecule has 1 aliphatic heterocycles. The van der Waals surface area contributed by atoms with Gasteiger partial charge in [-0.05, 0) is 49.2 Å². The molecule has 2 aromatic carbocycles. The van der Waals surface area contributed by atoms with E-state index in [9.17, 15) is 18.0 Å². The van der Waals surface area contributed by atoms with E-state index in [-0.39, 0.29) is 11.7 Å². The number of rotatable bonds is 4. The minimum atomic E-state index is -4.73. The lowest BCUT2D eigenvalue weighted by Crippen LogP contribution is -2.41. The highest BCUT2D eigenvalue weighted by Gasteiger charge is 2.31. The molecular formula is C18H17F3N2O2. The van der Waals surface area contributed by atoms with E-state index in [0.717, 1.165) is 18.7 Å². The highest BCUT2D eigenvalue weighted by Crippen LogP contribution is 2.29. The summed E-state index contributed by atoms with van der Waals surface area (Å²) in [6.45, 7) is 2.56. The van der Waals surface area contributed by atoms with Crippen LogP contribution < -0.4 is 15.0 Å². The van der Waals surface area contributed by atoms with Gasteiger partial charge >= 0.3 is 6.36 Å². The van der Waals surface area contributed by atoms with Crippen molar-refractivity contribution in [3.8, 4) is 5.75 Å². The molecule has 1 amide bonds. The second-order valence-corrected chi connectivity index (χ2v) is 5.81. The predicted octanol–water partition coefficient (Wildman–Crippen LogP) is 3.97. The molecule has 1 heterocycles. The van der Waals surface area contributed by atoms with Gasteiger partial charge in [0.2, 0.25) is 5.91 Å². The summed E-state index contributed by atoms with van der Waals surface area (Å²) >= 11 is 0. The van der Waals surface area contributed by atoms with Gasteiger partial charge in [0, 0.05) is 17.9 Å². The Morgan fingerprint density at radius 1 is 1.16 bits per heavy atom. The lowest BCUT2D eigenvalue weighted by Gasteiger charge is -2.26. The van der Waals surface area contributed by atoms with Gasteiger partial charge in [-0.3, -0.25) is 4.79 Å². The number of amides is 1. The van der Waals surface area contributed by atoms with Crippen LogP contribution >= 0.6 is 0 Å². The van der Waals surface area contributed by atoms with Crippen LogP contribution in [0.15, 0.2) is 48.5 Å². The fourth-order valence-corrected chi connectivity index (χ4v) is 2.89. The highest BCUT2D eigenvalue weighted by molar-refractivity contribution is 5.97. The molecule has 0 aromatic heterocycles. The average Bonchev–Trinajstić information content (AvgIpc) is 2.98. The third-order valence-electron chi connectivity index (χ3n) is 4.13. The van der Waals surface area contributed by atoms with Gasteiger partial charge in [0.05, 0.1) is 0 Å². The fourth-order valence-electron chi connectivity index (χ4n) is 2.89. The molecular weight excluding hydrogens is 333 g/mol. The SMILES string of the molecule is C[C@@H](C(=O)Nc1ccc(OC(F)(F)F)cc1)N1CCc2ccccc21. The van der Waals surface area contributed by atoms with Crippen LogP contribution in [0.3, 0.4) is 0 Å². The molecule has 25 heavy (non-hydrogen) atoms. The number of nitrogens with one attached hydrogen (secondary N) is 1. The van der Waals surface area contributed by atoms with Crippen molar-refractivity contribution in [3.63, 3.8) is 0 Å². The maximum atomic E-state index is 12.5. The molecule has 2 aromatic rings. The first kappa shape index (κ1) is 17.1. The summed E-state index contributed by atoms with van der Waals surface area (Å²) in [5.41, 5.74) is 2.66. The molecule has 4 nitrogen and oxygen atoms in total. The van der Waals surface area contributed by atoms with Crippen molar-refractivity contribution < 1.29 is 22.7 Å². The number of hydrogen-bond acceptors (Lipinski definition) is 3. The molecule has 7 heteroatoms. The Kier molecular flexibility index (Phi) is 4.57. The van der Waals surface area contributed by atoms with Gasteiger partial charge in [-0.15, -0.1) is 13.2 Å². The molecule has 0 aliphatic carbocycles. The normalized spacial score (nSPS) is 14.8. The number of halogens is 3. The molecule has 1 N–H and O–H groups in total. The second-order valence-electron chi connectivity index (χ2n) is 5.81. The third kappa shape index (κ3) is 4.04. The van der Waals surface area contributed by atoms with Crippen molar-refractivity contribution in [1.29, 1.82) is 0 Å². The van der Waals surface area contributed by atoms with E-state index in [0.29, 0.717) is 5.69 Å². The maximum absolute atomic E-state index is 12.5. The van der Waals surface area contributed by atoms with E-state index < -0.39 is 12.4 Å². The molecule has 132 valence electrons. The van der Waals surface area contributed by atoms with Gasteiger partial charge in [-0.2, -0.15) is 0 Å². The van der Waals surface area contributed by atoms with E-state index >= 15 is 0 Å². The monoisotopic (exact) mass is 350 g/mol. The summed E-state index contributed by atoms with van der Waals surface area (Å²) in [6.07, 6.45) is -3.85. The quantitative estimate of drug-likeness (QED) is 0.907. The second kappa shape index (κ2) is 6.66. The summed E-state index contributed by atoms with van der Waals surface area (Å²) in [5.74, 6) is -0.548. The van der Waals surface area contributed by atoms with Gasteiger partial charge in [0.1, 0.15) is 11.8 Å². The van der Waals surface area contributed by atoms with Crippen LogP contribution in [0.25, 0.3) is 0 Å². The van der Waals surface area contributed by atoms with Crippen LogP contribution in [0.4, 0.5) is 24.5 Å². The van der Waals surface area contributed by atoms with Gasteiger partial charge in [-0.25, -0.2) is 0 Å². The van der Waals surface area contributed by atoms with Crippen LogP contribution in [0.1, 0.15) is 12.5 Å². The van der Waals surface area contributed by atoms with Crippen molar-refractivity contribution in [2.75, 3.05) is 16.8 Å². The van der Waals surface area contributed by atoms with E-state index in [2.05, 4.69) is 10.1 Å². The van der Waals surface area contributed by atoms with Gasteiger partial charge in [-0.1, -0.05) is 18.2 Å². The minimum absolute atomic E-state index is 0.221. The zero-order valence-electron chi connectivity index (χ0n) is 13.5. The Hall–Kier alpha value is -2.70. The predicted molar refractivity (Wildman–Crippen MR) is 88.7 cm³/mol. The largest absolute Gasteiger partial charge is 0.573 e. The van der Waals surface area contributed by atoms with Crippen molar-refractivity contribution in [1.82, 2.24) is 0 Å². The first-order chi connectivity index (χ1) is 11.8. The number of nitrogens with zero attached hydrogens (tertiary/aromatic N) is 1. The van der Waals surface area contributed by atoms with Crippen LogP contribution in [0, 0.1) is 0 Å². The number of para-hydroxylation sites is 1. The molecule has 0 unspecified atom stereocenters. The Labute approximate surface area is 143 Å². The molecule has 0 spiro atoms. The molecule has 0 bridgehead atoms. The van der Waals surface area contributed by atoms with Crippen LogP contribution in [-0.4, -0.2) is 24.9 Å². The molecule has 3 rings (SSSR count). The van der Waals surface area contributed by atoms with Crippen molar-refractivity contribution in [2.24, 2.45) is 0 Å². The number of anilines is 2. The maximum Gasteiger partial charge on any atom is 0.573 e. The summed E-state index contributed by atoms with van der Waals surface area (Å²) < 4.78 is 40.3.